The Morgan fingerprint density at radius 3 is 2.45 bits per heavy atom. The number of hydrogen-bond donors (Lipinski definition) is 2. The minimum Gasteiger partial charge on any atom is -0.455 e. The zero-order valence-corrected chi connectivity index (χ0v) is 6.56. The van der Waals surface area contributed by atoms with Crippen LogP contribution in [0.2, 0.25) is 0 Å². The summed E-state index contributed by atoms with van der Waals surface area (Å²) in [5, 5.41) is 0. The maximum atomic E-state index is 10.4. The summed E-state index contributed by atoms with van der Waals surface area (Å²) >= 11 is 0. The molecule has 0 aliphatic heterocycles. The molecule has 11 heavy (non-hydrogen) atoms. The Labute approximate surface area is 70.0 Å². The van der Waals surface area contributed by atoms with E-state index in [0.717, 1.165) is 0 Å². The van der Waals surface area contributed by atoms with Crippen molar-refractivity contribution in [3.05, 3.63) is 23.7 Å². The van der Waals surface area contributed by atoms with E-state index in [9.17, 15) is 4.79 Å². The van der Waals surface area contributed by atoms with Crippen molar-refractivity contribution in [2.45, 2.75) is 6.54 Å². The predicted octanol–water partition coefficient (Wildman–Crippen LogP) is 0.259. The second-order valence-corrected chi connectivity index (χ2v) is 1.83. The molecule has 0 atom stereocenters. The molecular formula is C6H9ClN2O2. The molecule has 0 fully saturated rings. The quantitative estimate of drug-likeness (QED) is 0.678. The van der Waals surface area contributed by atoms with Crippen LogP contribution in [0.25, 0.3) is 0 Å². The maximum Gasteiger partial charge on any atom is 0.284 e. The molecule has 0 radical (unpaired) electrons. The molecular weight excluding hydrogens is 168 g/mol. The molecule has 1 aromatic rings. The number of hydrogen-bond acceptors (Lipinski definition) is 3. The second kappa shape index (κ2) is 4.00. The highest BCUT2D eigenvalue weighted by atomic mass is 35.5. The molecule has 0 aliphatic carbocycles. The molecule has 0 saturated heterocycles. The van der Waals surface area contributed by atoms with Crippen LogP contribution in [0.4, 0.5) is 0 Å². The first kappa shape index (κ1) is 10.0. The first-order chi connectivity index (χ1) is 4.74. The first-order valence-electron chi connectivity index (χ1n) is 2.82. The van der Waals surface area contributed by atoms with Crippen LogP contribution in [0, 0.1) is 0 Å². The number of amides is 1. The fraction of sp³-hybridized carbons (Fsp3) is 0.167. The number of rotatable bonds is 2. The molecule has 1 aromatic heterocycles. The van der Waals surface area contributed by atoms with Crippen molar-refractivity contribution in [3.63, 3.8) is 0 Å². The lowest BCUT2D eigenvalue weighted by Crippen LogP contribution is -2.09. The van der Waals surface area contributed by atoms with E-state index in [0.29, 0.717) is 5.76 Å². The third-order valence-corrected chi connectivity index (χ3v) is 1.11. The van der Waals surface area contributed by atoms with Gasteiger partial charge in [0.25, 0.3) is 5.91 Å². The summed E-state index contributed by atoms with van der Waals surface area (Å²) in [6.45, 7) is 0.285. The third-order valence-electron chi connectivity index (χ3n) is 1.11. The highest BCUT2D eigenvalue weighted by molar-refractivity contribution is 5.89. The van der Waals surface area contributed by atoms with Crippen molar-refractivity contribution in [2.75, 3.05) is 0 Å². The van der Waals surface area contributed by atoms with E-state index in [1.54, 1.807) is 6.07 Å². The van der Waals surface area contributed by atoms with Gasteiger partial charge in [-0.3, -0.25) is 4.79 Å². The third kappa shape index (κ3) is 2.25. The molecule has 1 rings (SSSR count). The van der Waals surface area contributed by atoms with Gasteiger partial charge in [0.1, 0.15) is 5.76 Å². The van der Waals surface area contributed by atoms with Crippen LogP contribution in [-0.2, 0) is 6.54 Å². The minimum atomic E-state index is -0.570. The van der Waals surface area contributed by atoms with Crippen molar-refractivity contribution in [3.8, 4) is 0 Å². The van der Waals surface area contributed by atoms with E-state index < -0.39 is 5.91 Å². The summed E-state index contributed by atoms with van der Waals surface area (Å²) in [6.07, 6.45) is 0. The number of furan rings is 1. The van der Waals surface area contributed by atoms with Gasteiger partial charge in [-0.25, -0.2) is 0 Å². The smallest absolute Gasteiger partial charge is 0.284 e. The molecule has 0 spiro atoms. The van der Waals surface area contributed by atoms with Gasteiger partial charge in [-0.05, 0) is 12.1 Å². The molecule has 0 unspecified atom stereocenters. The number of carbonyl (C=O) groups excluding carboxylic acids is 1. The van der Waals surface area contributed by atoms with E-state index in [-0.39, 0.29) is 24.7 Å². The van der Waals surface area contributed by atoms with E-state index in [4.69, 9.17) is 15.9 Å². The van der Waals surface area contributed by atoms with Crippen molar-refractivity contribution >= 4 is 18.3 Å². The van der Waals surface area contributed by atoms with E-state index in [1.807, 2.05) is 0 Å². The van der Waals surface area contributed by atoms with E-state index >= 15 is 0 Å². The molecule has 62 valence electrons. The van der Waals surface area contributed by atoms with Gasteiger partial charge in [0.15, 0.2) is 5.76 Å². The van der Waals surface area contributed by atoms with Crippen molar-refractivity contribution in [1.82, 2.24) is 0 Å². The summed E-state index contributed by atoms with van der Waals surface area (Å²) in [4.78, 5) is 10.4. The lowest BCUT2D eigenvalue weighted by molar-refractivity contribution is 0.0972. The second-order valence-electron chi connectivity index (χ2n) is 1.83. The Bertz CT molecular complexity index is 246. The maximum absolute atomic E-state index is 10.4. The fourth-order valence-corrected chi connectivity index (χ4v) is 0.620. The van der Waals surface area contributed by atoms with Crippen LogP contribution in [0.3, 0.4) is 0 Å². The van der Waals surface area contributed by atoms with Crippen LogP contribution in [0.5, 0.6) is 0 Å². The summed E-state index contributed by atoms with van der Waals surface area (Å²) in [7, 11) is 0. The van der Waals surface area contributed by atoms with Crippen molar-refractivity contribution < 1.29 is 9.21 Å². The Hall–Kier alpha value is -1.00. The SMILES string of the molecule is Cl.NCc1ccc(C(N)=O)o1. The topological polar surface area (TPSA) is 82.2 Å². The molecule has 5 heteroatoms. The standard InChI is InChI=1S/C6H8N2O2.ClH/c7-3-4-1-2-5(10-4)6(8)9;/h1-2H,3,7H2,(H2,8,9);1H. The fourth-order valence-electron chi connectivity index (χ4n) is 0.620. The van der Waals surface area contributed by atoms with Crippen molar-refractivity contribution in [2.24, 2.45) is 11.5 Å². The van der Waals surface area contributed by atoms with Crippen LogP contribution in [0.1, 0.15) is 16.3 Å². The number of primary amides is 1. The van der Waals surface area contributed by atoms with Crippen LogP contribution >= 0.6 is 12.4 Å². The van der Waals surface area contributed by atoms with Gasteiger partial charge in [0.2, 0.25) is 0 Å². The Kier molecular flexibility index (Phi) is 3.64. The lowest BCUT2D eigenvalue weighted by atomic mass is 10.4. The van der Waals surface area contributed by atoms with Crippen LogP contribution in [0.15, 0.2) is 16.5 Å². The Balaban J connectivity index is 0.000001000. The van der Waals surface area contributed by atoms with Crippen molar-refractivity contribution in [1.29, 1.82) is 0 Å². The van der Waals surface area contributed by atoms with Crippen LogP contribution in [-0.4, -0.2) is 5.91 Å². The van der Waals surface area contributed by atoms with Gasteiger partial charge in [0.05, 0.1) is 6.54 Å². The minimum absolute atomic E-state index is 0. The Morgan fingerprint density at radius 1 is 1.55 bits per heavy atom. The summed E-state index contributed by atoms with van der Waals surface area (Å²) in [5.74, 6) is 0.147. The Morgan fingerprint density at radius 2 is 2.18 bits per heavy atom. The molecule has 0 saturated carbocycles. The molecule has 4 nitrogen and oxygen atoms in total. The summed E-state index contributed by atoms with van der Waals surface area (Å²) < 4.78 is 4.89. The summed E-state index contributed by atoms with van der Waals surface area (Å²) in [6, 6.07) is 3.13. The monoisotopic (exact) mass is 176 g/mol. The average molecular weight is 177 g/mol. The van der Waals surface area contributed by atoms with Gasteiger partial charge in [0, 0.05) is 0 Å². The van der Waals surface area contributed by atoms with Gasteiger partial charge in [-0.1, -0.05) is 0 Å². The molecule has 0 aromatic carbocycles. The van der Waals surface area contributed by atoms with E-state index in [1.165, 1.54) is 6.07 Å². The number of halogens is 1. The molecule has 4 N–H and O–H groups in total. The van der Waals surface area contributed by atoms with Gasteiger partial charge >= 0.3 is 0 Å². The zero-order valence-electron chi connectivity index (χ0n) is 5.74. The van der Waals surface area contributed by atoms with Gasteiger partial charge in [-0.2, -0.15) is 0 Å². The largest absolute Gasteiger partial charge is 0.455 e. The highest BCUT2D eigenvalue weighted by Gasteiger charge is 2.04. The van der Waals surface area contributed by atoms with E-state index in [2.05, 4.69) is 0 Å². The van der Waals surface area contributed by atoms with Gasteiger partial charge < -0.3 is 15.9 Å². The molecule has 1 amide bonds. The normalized spacial score (nSPS) is 8.82. The van der Waals surface area contributed by atoms with Crippen LogP contribution < -0.4 is 11.5 Å². The predicted molar refractivity (Wildman–Crippen MR) is 42.4 cm³/mol. The van der Waals surface area contributed by atoms with Gasteiger partial charge in [-0.15, -0.1) is 12.4 Å². The average Bonchev–Trinajstić information content (AvgIpc) is 2.34. The first-order valence-corrected chi connectivity index (χ1v) is 2.82. The molecule has 0 bridgehead atoms. The molecule has 1 heterocycles. The summed E-state index contributed by atoms with van der Waals surface area (Å²) in [5.41, 5.74) is 10.1. The molecule has 0 aliphatic rings. The lowest BCUT2D eigenvalue weighted by Gasteiger charge is -1.86. The highest BCUT2D eigenvalue weighted by Crippen LogP contribution is 2.05. The number of nitrogens with two attached hydrogens (primary N) is 2. The zero-order chi connectivity index (χ0) is 7.56. The number of carbonyl (C=O) groups is 1.